The standard InChI is InChI=1S/C36H48N2O16/c1-20(39)46-19-26-28(48-21(2)40)29(49-22(3)41)30(50-23(4)42)32(51-26)52-27-17-16-25(31(43)47-18-24-14-12-11-13-15-24)37(33(44)53-35(5,6)7)38(27)34(45)54-36(8,9)10/h11-17,25-30,32H,18-19H2,1-10H3/t25-,26+,27-,28+,29-,30+,32-/m0/s1. The molecule has 0 N–H and O–H groups in total. The van der Waals surface area contributed by atoms with Gasteiger partial charge in [-0.05, 0) is 59.3 Å². The van der Waals surface area contributed by atoms with E-state index in [1.807, 2.05) is 0 Å². The van der Waals surface area contributed by atoms with Gasteiger partial charge in [0.1, 0.15) is 30.5 Å². The molecule has 0 bridgehead atoms. The van der Waals surface area contributed by atoms with Crippen molar-refractivity contribution in [1.29, 1.82) is 0 Å². The maximum atomic E-state index is 14.1. The lowest BCUT2D eigenvalue weighted by Gasteiger charge is -2.47. The van der Waals surface area contributed by atoms with Crippen LogP contribution in [-0.4, -0.2) is 113 Å². The first kappa shape index (κ1) is 43.2. The number of benzene rings is 1. The molecule has 0 saturated carbocycles. The quantitative estimate of drug-likeness (QED) is 0.190. The van der Waals surface area contributed by atoms with Crippen molar-refractivity contribution in [2.45, 2.75) is 130 Å². The van der Waals surface area contributed by atoms with E-state index in [1.54, 1.807) is 71.9 Å². The first-order valence-electron chi connectivity index (χ1n) is 17.0. The Morgan fingerprint density at radius 3 is 1.69 bits per heavy atom. The molecule has 2 aliphatic rings. The van der Waals surface area contributed by atoms with Crippen LogP contribution in [0.2, 0.25) is 0 Å². The average molecular weight is 765 g/mol. The van der Waals surface area contributed by atoms with Crippen LogP contribution < -0.4 is 0 Å². The van der Waals surface area contributed by atoms with Crippen LogP contribution in [0.15, 0.2) is 42.5 Å². The van der Waals surface area contributed by atoms with Crippen molar-refractivity contribution in [1.82, 2.24) is 10.0 Å². The molecule has 0 aliphatic carbocycles. The number of nitrogens with zero attached hydrogens (tertiary/aromatic N) is 2. The second-order valence-corrected chi connectivity index (χ2v) is 14.2. The second-order valence-electron chi connectivity index (χ2n) is 14.2. The van der Waals surface area contributed by atoms with Crippen LogP contribution in [0.25, 0.3) is 0 Å². The molecule has 1 aromatic rings. The van der Waals surface area contributed by atoms with Crippen molar-refractivity contribution in [2.24, 2.45) is 0 Å². The zero-order chi connectivity index (χ0) is 40.5. The Bertz CT molecular complexity index is 1570. The molecule has 0 spiro atoms. The predicted octanol–water partition coefficient (Wildman–Crippen LogP) is 3.48. The summed E-state index contributed by atoms with van der Waals surface area (Å²) in [6, 6.07) is 7.11. The third-order valence-electron chi connectivity index (χ3n) is 7.04. The van der Waals surface area contributed by atoms with Gasteiger partial charge in [-0.2, -0.15) is 10.0 Å². The highest BCUT2D eigenvalue weighted by molar-refractivity contribution is 5.86. The van der Waals surface area contributed by atoms with E-state index in [0.29, 0.717) is 15.6 Å². The molecule has 3 rings (SSSR count). The Hall–Kier alpha value is -5.23. The number of rotatable bonds is 10. The summed E-state index contributed by atoms with van der Waals surface area (Å²) in [5, 5.41) is 1.31. The fourth-order valence-electron chi connectivity index (χ4n) is 5.16. The minimum atomic E-state index is -1.80. The molecule has 298 valence electrons. The van der Waals surface area contributed by atoms with Crippen LogP contribution in [0, 0.1) is 0 Å². The fourth-order valence-corrected chi connectivity index (χ4v) is 5.16. The van der Waals surface area contributed by atoms with Crippen LogP contribution >= 0.6 is 0 Å². The number of ether oxygens (including phenoxy) is 9. The highest BCUT2D eigenvalue weighted by Gasteiger charge is 2.55. The summed E-state index contributed by atoms with van der Waals surface area (Å²) in [5.74, 6) is -4.34. The summed E-state index contributed by atoms with van der Waals surface area (Å²) < 4.78 is 50.6. The lowest BCUT2D eigenvalue weighted by atomic mass is 9.98. The molecular weight excluding hydrogens is 716 g/mol. The summed E-state index contributed by atoms with van der Waals surface area (Å²) in [5.41, 5.74) is -1.64. The van der Waals surface area contributed by atoms with Gasteiger partial charge in [-0.15, -0.1) is 0 Å². The number of hydrogen-bond donors (Lipinski definition) is 0. The lowest BCUT2D eigenvalue weighted by molar-refractivity contribution is -0.328. The van der Waals surface area contributed by atoms with E-state index < -0.39 is 103 Å². The van der Waals surface area contributed by atoms with E-state index in [0.717, 1.165) is 27.7 Å². The summed E-state index contributed by atoms with van der Waals surface area (Å²) in [7, 11) is 0. The Morgan fingerprint density at radius 1 is 0.648 bits per heavy atom. The van der Waals surface area contributed by atoms with Gasteiger partial charge in [0.2, 0.25) is 6.29 Å². The average Bonchev–Trinajstić information content (AvgIpc) is 3.03. The van der Waals surface area contributed by atoms with E-state index in [-0.39, 0.29) is 6.61 Å². The van der Waals surface area contributed by atoms with E-state index in [9.17, 15) is 33.6 Å². The summed E-state index contributed by atoms with van der Waals surface area (Å²) >= 11 is 0. The normalized spacial score (nSPS) is 24.1. The molecule has 1 fully saturated rings. The largest absolute Gasteiger partial charge is 0.463 e. The van der Waals surface area contributed by atoms with Gasteiger partial charge in [-0.25, -0.2) is 14.4 Å². The zero-order valence-electron chi connectivity index (χ0n) is 31.9. The summed E-state index contributed by atoms with van der Waals surface area (Å²) in [4.78, 5) is 90.4. The second kappa shape index (κ2) is 18.2. The number of hydrazine groups is 1. The van der Waals surface area contributed by atoms with Crippen LogP contribution in [0.1, 0.15) is 74.8 Å². The van der Waals surface area contributed by atoms with Crippen molar-refractivity contribution in [3.05, 3.63) is 48.0 Å². The molecule has 18 heteroatoms. The van der Waals surface area contributed by atoms with E-state index >= 15 is 0 Å². The molecular formula is C36H48N2O16. The van der Waals surface area contributed by atoms with Crippen molar-refractivity contribution in [2.75, 3.05) is 6.61 Å². The molecule has 2 heterocycles. The van der Waals surface area contributed by atoms with Gasteiger partial charge >= 0.3 is 42.0 Å². The maximum Gasteiger partial charge on any atom is 0.432 e. The Labute approximate surface area is 312 Å². The SMILES string of the molecule is CC(=O)OC[C@H]1O[C@@H](O[C@H]2C=C[C@@H](C(=O)OCc3ccccc3)N(C(=O)OC(C)(C)C)N2C(=O)OC(C)(C)C)[C@H](OC(C)=O)[C@@H](OC(C)=O)[C@@H]1OC(C)=O. The van der Waals surface area contributed by atoms with Gasteiger partial charge < -0.3 is 42.6 Å². The molecule has 0 radical (unpaired) electrons. The van der Waals surface area contributed by atoms with Crippen LogP contribution in [-0.2, 0) is 73.2 Å². The molecule has 7 atom stereocenters. The smallest absolute Gasteiger partial charge is 0.432 e. The van der Waals surface area contributed by atoms with Gasteiger partial charge in [-0.1, -0.05) is 30.3 Å². The zero-order valence-corrected chi connectivity index (χ0v) is 31.9. The van der Waals surface area contributed by atoms with Crippen molar-refractivity contribution < 1.29 is 76.2 Å². The van der Waals surface area contributed by atoms with Crippen LogP contribution in [0.4, 0.5) is 9.59 Å². The van der Waals surface area contributed by atoms with Gasteiger partial charge in [0.15, 0.2) is 30.6 Å². The summed E-state index contributed by atoms with van der Waals surface area (Å²) in [6.45, 7) is 12.9. The highest BCUT2D eigenvalue weighted by atomic mass is 16.7. The third-order valence-corrected chi connectivity index (χ3v) is 7.04. The molecule has 2 aliphatic heterocycles. The van der Waals surface area contributed by atoms with Crippen molar-refractivity contribution in [3.8, 4) is 0 Å². The molecule has 0 aromatic heterocycles. The number of carbonyl (C=O) groups excluding carboxylic acids is 7. The molecule has 1 saturated heterocycles. The van der Waals surface area contributed by atoms with Crippen LogP contribution in [0.3, 0.4) is 0 Å². The molecule has 2 amide bonds. The third kappa shape index (κ3) is 12.7. The topological polar surface area (TPSA) is 209 Å². The van der Waals surface area contributed by atoms with Gasteiger partial charge in [0.05, 0.1) is 0 Å². The van der Waals surface area contributed by atoms with Crippen molar-refractivity contribution in [3.63, 3.8) is 0 Å². The monoisotopic (exact) mass is 764 g/mol. The highest BCUT2D eigenvalue weighted by Crippen LogP contribution is 2.33. The maximum absolute atomic E-state index is 14.1. The number of amides is 2. The summed E-state index contributed by atoms with van der Waals surface area (Å²) in [6.07, 6.45) is -9.66. The van der Waals surface area contributed by atoms with E-state index in [2.05, 4.69) is 0 Å². The van der Waals surface area contributed by atoms with Crippen molar-refractivity contribution >= 4 is 42.0 Å². The Balaban J connectivity index is 2.17. The number of hydrogen-bond acceptors (Lipinski definition) is 16. The first-order valence-corrected chi connectivity index (χ1v) is 17.0. The predicted molar refractivity (Wildman–Crippen MR) is 182 cm³/mol. The van der Waals surface area contributed by atoms with Crippen LogP contribution in [0.5, 0.6) is 0 Å². The van der Waals surface area contributed by atoms with E-state index in [1.165, 1.54) is 12.2 Å². The van der Waals surface area contributed by atoms with Gasteiger partial charge in [-0.3, -0.25) is 19.2 Å². The molecule has 0 unspecified atom stereocenters. The Morgan fingerprint density at radius 2 is 1.17 bits per heavy atom. The molecule has 1 aromatic carbocycles. The minimum Gasteiger partial charge on any atom is -0.463 e. The van der Waals surface area contributed by atoms with Gasteiger partial charge in [0.25, 0.3) is 0 Å². The molecule has 54 heavy (non-hydrogen) atoms. The first-order chi connectivity index (χ1) is 25.1. The lowest BCUT2D eigenvalue weighted by Crippen LogP contribution is -2.67. The Kier molecular flexibility index (Phi) is 14.6. The van der Waals surface area contributed by atoms with E-state index in [4.69, 9.17) is 42.6 Å². The fraction of sp³-hybridized carbons (Fsp3) is 0.583. The number of esters is 5. The van der Waals surface area contributed by atoms with Gasteiger partial charge in [0, 0.05) is 27.7 Å². The number of carbonyl (C=O) groups is 7. The molecule has 18 nitrogen and oxygen atoms in total. The minimum absolute atomic E-state index is 0.177.